The Hall–Kier alpha value is -0.330. The number of piperazine rings is 1. The van der Waals surface area contributed by atoms with Crippen molar-refractivity contribution in [2.24, 2.45) is 11.7 Å². The Morgan fingerprint density at radius 1 is 1.00 bits per heavy atom. The average molecular weight is 293 g/mol. The summed E-state index contributed by atoms with van der Waals surface area (Å²) in [6.07, 6.45) is 2.23. The van der Waals surface area contributed by atoms with Gasteiger partial charge in [0.2, 0.25) is 0 Å². The van der Waals surface area contributed by atoms with Gasteiger partial charge in [0.05, 0.1) is 6.54 Å². The minimum atomic E-state index is -4.08. The van der Waals surface area contributed by atoms with E-state index in [-0.39, 0.29) is 0 Å². The number of halogens is 3. The second kappa shape index (κ2) is 7.09. The summed E-state index contributed by atoms with van der Waals surface area (Å²) in [5.74, 6) is 0.642. The van der Waals surface area contributed by atoms with Crippen molar-refractivity contribution in [3.8, 4) is 0 Å². The van der Waals surface area contributed by atoms with Crippen LogP contribution in [0.2, 0.25) is 0 Å². The molecule has 2 aliphatic rings. The molecule has 0 aromatic heterocycles. The summed E-state index contributed by atoms with van der Waals surface area (Å²) in [5.41, 5.74) is 5.94. The van der Waals surface area contributed by atoms with Crippen molar-refractivity contribution in [2.45, 2.75) is 44.3 Å². The topological polar surface area (TPSA) is 32.5 Å². The van der Waals surface area contributed by atoms with Crippen LogP contribution >= 0.6 is 0 Å². The maximum absolute atomic E-state index is 12.4. The normalized spacial score (nSPS) is 25.8. The molecule has 3 nitrogen and oxygen atoms in total. The quantitative estimate of drug-likeness (QED) is 0.861. The van der Waals surface area contributed by atoms with Crippen LogP contribution in [0.1, 0.15) is 32.1 Å². The molecular weight excluding hydrogens is 267 g/mol. The van der Waals surface area contributed by atoms with Gasteiger partial charge in [-0.05, 0) is 18.8 Å². The molecule has 1 saturated carbocycles. The Morgan fingerprint density at radius 2 is 1.60 bits per heavy atom. The van der Waals surface area contributed by atoms with E-state index < -0.39 is 12.7 Å². The highest BCUT2D eigenvalue weighted by Gasteiger charge is 2.34. The standard InChI is InChI=1S/C14H26F3N3/c15-14(16,17)11-19-6-8-20(9-7-19)13(10-18)12-4-2-1-3-5-12/h12-13H,1-11,18H2. The molecule has 0 spiro atoms. The van der Waals surface area contributed by atoms with Gasteiger partial charge in [-0.3, -0.25) is 9.80 Å². The second-order valence-electron chi connectivity index (χ2n) is 6.13. The van der Waals surface area contributed by atoms with Crippen molar-refractivity contribution in [1.29, 1.82) is 0 Å². The SMILES string of the molecule is NCC(C1CCCCC1)N1CCN(CC(F)(F)F)CC1. The summed E-state index contributed by atoms with van der Waals surface area (Å²) in [4.78, 5) is 3.83. The molecule has 1 heterocycles. The number of hydrogen-bond acceptors (Lipinski definition) is 3. The minimum Gasteiger partial charge on any atom is -0.329 e. The van der Waals surface area contributed by atoms with E-state index in [0.29, 0.717) is 44.7 Å². The third kappa shape index (κ3) is 4.60. The fourth-order valence-corrected chi connectivity index (χ4v) is 3.67. The van der Waals surface area contributed by atoms with Gasteiger partial charge in [-0.15, -0.1) is 0 Å². The predicted molar refractivity (Wildman–Crippen MR) is 73.5 cm³/mol. The van der Waals surface area contributed by atoms with Crippen molar-refractivity contribution >= 4 is 0 Å². The smallest absolute Gasteiger partial charge is 0.329 e. The molecule has 0 aromatic rings. The van der Waals surface area contributed by atoms with Gasteiger partial charge in [0.1, 0.15) is 0 Å². The summed E-state index contributed by atoms with van der Waals surface area (Å²) in [6.45, 7) is 2.29. The van der Waals surface area contributed by atoms with Crippen LogP contribution in [0.3, 0.4) is 0 Å². The van der Waals surface area contributed by atoms with E-state index in [2.05, 4.69) is 4.90 Å². The Kier molecular flexibility index (Phi) is 5.69. The lowest BCUT2D eigenvalue weighted by Gasteiger charge is -2.43. The fraction of sp³-hybridized carbons (Fsp3) is 1.00. The lowest BCUT2D eigenvalue weighted by atomic mass is 9.83. The maximum atomic E-state index is 12.4. The first kappa shape index (κ1) is 16.0. The molecule has 1 atom stereocenters. The number of alkyl halides is 3. The zero-order chi connectivity index (χ0) is 14.6. The van der Waals surface area contributed by atoms with Gasteiger partial charge in [-0.1, -0.05) is 19.3 Å². The third-order valence-electron chi connectivity index (χ3n) is 4.71. The van der Waals surface area contributed by atoms with Crippen LogP contribution in [0.4, 0.5) is 13.2 Å². The third-order valence-corrected chi connectivity index (χ3v) is 4.71. The highest BCUT2D eigenvalue weighted by atomic mass is 19.4. The van der Waals surface area contributed by atoms with Gasteiger partial charge in [0.15, 0.2) is 0 Å². The van der Waals surface area contributed by atoms with Crippen molar-refractivity contribution in [3.63, 3.8) is 0 Å². The molecule has 2 rings (SSSR count). The Bertz CT molecular complexity index is 282. The van der Waals surface area contributed by atoms with E-state index in [4.69, 9.17) is 5.73 Å². The highest BCUT2D eigenvalue weighted by molar-refractivity contribution is 4.86. The zero-order valence-corrected chi connectivity index (χ0v) is 12.0. The van der Waals surface area contributed by atoms with E-state index in [1.807, 2.05) is 0 Å². The van der Waals surface area contributed by atoms with Gasteiger partial charge < -0.3 is 5.73 Å². The van der Waals surface area contributed by atoms with E-state index in [0.717, 1.165) is 0 Å². The molecule has 6 heteroatoms. The number of rotatable bonds is 4. The lowest BCUT2D eigenvalue weighted by Crippen LogP contribution is -2.56. The number of nitrogens with two attached hydrogens (primary N) is 1. The lowest BCUT2D eigenvalue weighted by molar-refractivity contribution is -0.150. The number of hydrogen-bond donors (Lipinski definition) is 1. The summed E-state index contributed by atoms with van der Waals surface area (Å²) in [7, 11) is 0. The summed E-state index contributed by atoms with van der Waals surface area (Å²) in [6, 6.07) is 0.364. The number of nitrogens with zero attached hydrogens (tertiary/aromatic N) is 2. The summed E-state index contributed by atoms with van der Waals surface area (Å²) >= 11 is 0. The molecule has 1 unspecified atom stereocenters. The molecule has 20 heavy (non-hydrogen) atoms. The molecule has 0 radical (unpaired) electrons. The molecule has 0 aromatic carbocycles. The molecule has 2 fully saturated rings. The van der Waals surface area contributed by atoms with Crippen LogP contribution in [-0.2, 0) is 0 Å². The van der Waals surface area contributed by atoms with Crippen LogP contribution in [0.15, 0.2) is 0 Å². The van der Waals surface area contributed by atoms with Crippen molar-refractivity contribution < 1.29 is 13.2 Å². The van der Waals surface area contributed by atoms with Crippen molar-refractivity contribution in [2.75, 3.05) is 39.3 Å². The fourth-order valence-electron chi connectivity index (χ4n) is 3.67. The largest absolute Gasteiger partial charge is 0.401 e. The van der Waals surface area contributed by atoms with Crippen LogP contribution < -0.4 is 5.73 Å². The van der Waals surface area contributed by atoms with E-state index in [9.17, 15) is 13.2 Å². The van der Waals surface area contributed by atoms with E-state index >= 15 is 0 Å². The Balaban J connectivity index is 1.81. The minimum absolute atomic E-state index is 0.364. The predicted octanol–water partition coefficient (Wildman–Crippen LogP) is 2.07. The highest BCUT2D eigenvalue weighted by Crippen LogP contribution is 2.29. The van der Waals surface area contributed by atoms with Gasteiger partial charge >= 0.3 is 6.18 Å². The average Bonchev–Trinajstić information content (AvgIpc) is 2.41. The Labute approximate surface area is 119 Å². The molecule has 1 aliphatic heterocycles. The first-order valence-corrected chi connectivity index (χ1v) is 7.73. The summed E-state index contributed by atoms with van der Waals surface area (Å²) in [5, 5.41) is 0. The molecule has 1 aliphatic carbocycles. The molecule has 0 bridgehead atoms. The van der Waals surface area contributed by atoms with Crippen LogP contribution in [0.5, 0.6) is 0 Å². The van der Waals surface area contributed by atoms with E-state index in [1.165, 1.54) is 37.0 Å². The first-order valence-electron chi connectivity index (χ1n) is 7.73. The first-order chi connectivity index (χ1) is 9.49. The zero-order valence-electron chi connectivity index (χ0n) is 12.0. The van der Waals surface area contributed by atoms with Gasteiger partial charge in [-0.25, -0.2) is 0 Å². The van der Waals surface area contributed by atoms with Gasteiger partial charge in [0, 0.05) is 38.8 Å². The summed E-state index contributed by atoms with van der Waals surface area (Å²) < 4.78 is 37.1. The van der Waals surface area contributed by atoms with Gasteiger partial charge in [-0.2, -0.15) is 13.2 Å². The van der Waals surface area contributed by atoms with E-state index in [1.54, 1.807) is 0 Å². The second-order valence-corrected chi connectivity index (χ2v) is 6.13. The van der Waals surface area contributed by atoms with Gasteiger partial charge in [0.25, 0.3) is 0 Å². The Morgan fingerprint density at radius 3 is 2.10 bits per heavy atom. The molecular formula is C14H26F3N3. The molecule has 118 valence electrons. The van der Waals surface area contributed by atoms with Crippen LogP contribution in [-0.4, -0.2) is 61.3 Å². The van der Waals surface area contributed by atoms with Crippen molar-refractivity contribution in [3.05, 3.63) is 0 Å². The van der Waals surface area contributed by atoms with Crippen LogP contribution in [0.25, 0.3) is 0 Å². The van der Waals surface area contributed by atoms with Crippen LogP contribution in [0, 0.1) is 5.92 Å². The molecule has 0 amide bonds. The molecule has 1 saturated heterocycles. The molecule has 2 N–H and O–H groups in total. The van der Waals surface area contributed by atoms with Crippen molar-refractivity contribution in [1.82, 2.24) is 9.80 Å². The maximum Gasteiger partial charge on any atom is 0.401 e. The monoisotopic (exact) mass is 293 g/mol.